The molecule has 2 aromatic rings. The Kier molecular flexibility index (Phi) is 5.72. The van der Waals surface area contributed by atoms with Crippen LogP contribution in [0.1, 0.15) is 35.2 Å². The number of sulfonamides is 1. The summed E-state index contributed by atoms with van der Waals surface area (Å²) in [7, 11) is -3.63. The molecule has 2 aliphatic rings. The summed E-state index contributed by atoms with van der Waals surface area (Å²) in [5.41, 5.74) is 1.65. The van der Waals surface area contributed by atoms with Gasteiger partial charge in [-0.25, -0.2) is 8.42 Å². The highest BCUT2D eigenvalue weighted by Crippen LogP contribution is 2.34. The molecular weight excluding hydrogens is 388 g/mol. The van der Waals surface area contributed by atoms with Crippen LogP contribution in [0.4, 0.5) is 0 Å². The van der Waals surface area contributed by atoms with E-state index in [2.05, 4.69) is 19.1 Å². The SMILES string of the molecule is C[C@H]1[C@@H](c2ccccc2)CCN1C(=O)c1cccc(S(=O)(=O)N2CCOCC2)c1. The zero-order chi connectivity index (χ0) is 20.4. The number of likely N-dealkylation sites (tertiary alicyclic amines) is 1. The lowest BCUT2D eigenvalue weighted by Crippen LogP contribution is -2.40. The van der Waals surface area contributed by atoms with Crippen molar-refractivity contribution in [1.82, 2.24) is 9.21 Å². The van der Waals surface area contributed by atoms with Crippen LogP contribution in [-0.4, -0.2) is 62.4 Å². The molecule has 0 aliphatic carbocycles. The minimum atomic E-state index is -3.63. The lowest BCUT2D eigenvalue weighted by molar-refractivity contribution is 0.0728. The molecule has 0 bridgehead atoms. The zero-order valence-electron chi connectivity index (χ0n) is 16.5. The smallest absolute Gasteiger partial charge is 0.254 e. The monoisotopic (exact) mass is 414 g/mol. The topological polar surface area (TPSA) is 66.9 Å². The van der Waals surface area contributed by atoms with E-state index in [1.807, 2.05) is 23.1 Å². The number of carbonyl (C=O) groups is 1. The van der Waals surface area contributed by atoms with Crippen molar-refractivity contribution in [1.29, 1.82) is 0 Å². The summed E-state index contributed by atoms with van der Waals surface area (Å²) in [4.78, 5) is 15.2. The summed E-state index contributed by atoms with van der Waals surface area (Å²) < 4.78 is 32.5. The first-order chi connectivity index (χ1) is 14.0. The van der Waals surface area contributed by atoms with E-state index in [0.29, 0.717) is 44.3 Å². The quantitative estimate of drug-likeness (QED) is 0.772. The molecule has 2 saturated heterocycles. The Labute approximate surface area is 172 Å². The predicted octanol–water partition coefficient (Wildman–Crippen LogP) is 2.73. The summed E-state index contributed by atoms with van der Waals surface area (Å²) in [6.45, 7) is 4.19. The molecule has 1 amide bonds. The van der Waals surface area contributed by atoms with Crippen molar-refractivity contribution in [2.45, 2.75) is 30.2 Å². The van der Waals surface area contributed by atoms with Crippen LogP contribution in [0.3, 0.4) is 0 Å². The Balaban J connectivity index is 1.55. The average molecular weight is 415 g/mol. The van der Waals surface area contributed by atoms with Crippen molar-refractivity contribution >= 4 is 15.9 Å². The van der Waals surface area contributed by atoms with Gasteiger partial charge in [-0.15, -0.1) is 0 Å². The molecule has 2 fully saturated rings. The van der Waals surface area contributed by atoms with Crippen LogP contribution < -0.4 is 0 Å². The molecule has 2 aromatic carbocycles. The molecule has 29 heavy (non-hydrogen) atoms. The second kappa shape index (κ2) is 8.26. The average Bonchev–Trinajstić information content (AvgIpc) is 3.16. The van der Waals surface area contributed by atoms with Gasteiger partial charge >= 0.3 is 0 Å². The van der Waals surface area contributed by atoms with E-state index >= 15 is 0 Å². The Morgan fingerprint density at radius 1 is 1.00 bits per heavy atom. The minimum absolute atomic E-state index is 0.0596. The van der Waals surface area contributed by atoms with Crippen molar-refractivity contribution in [2.24, 2.45) is 0 Å². The van der Waals surface area contributed by atoms with Gasteiger partial charge < -0.3 is 9.64 Å². The number of amides is 1. The molecule has 0 aromatic heterocycles. The van der Waals surface area contributed by atoms with E-state index in [4.69, 9.17) is 4.74 Å². The number of ether oxygens (including phenoxy) is 1. The van der Waals surface area contributed by atoms with E-state index in [0.717, 1.165) is 6.42 Å². The molecule has 2 aliphatic heterocycles. The third-order valence-corrected chi connectivity index (χ3v) is 7.83. The number of benzene rings is 2. The van der Waals surface area contributed by atoms with E-state index in [9.17, 15) is 13.2 Å². The molecule has 2 atom stereocenters. The number of rotatable bonds is 4. The van der Waals surface area contributed by atoms with Gasteiger partial charge in [-0.2, -0.15) is 4.31 Å². The number of hydrogen-bond donors (Lipinski definition) is 0. The van der Waals surface area contributed by atoms with Crippen molar-refractivity contribution in [3.8, 4) is 0 Å². The number of carbonyl (C=O) groups excluding carboxylic acids is 1. The number of nitrogens with zero attached hydrogens (tertiary/aromatic N) is 2. The molecule has 0 spiro atoms. The zero-order valence-corrected chi connectivity index (χ0v) is 17.3. The fourth-order valence-electron chi connectivity index (χ4n) is 4.26. The van der Waals surface area contributed by atoms with E-state index in [-0.39, 0.29) is 16.8 Å². The van der Waals surface area contributed by atoms with E-state index in [1.54, 1.807) is 18.2 Å². The van der Waals surface area contributed by atoms with Crippen molar-refractivity contribution in [3.05, 3.63) is 65.7 Å². The van der Waals surface area contributed by atoms with Crippen molar-refractivity contribution in [2.75, 3.05) is 32.8 Å². The van der Waals surface area contributed by atoms with E-state index in [1.165, 1.54) is 15.9 Å². The molecule has 6 nitrogen and oxygen atoms in total. The maximum atomic E-state index is 13.2. The minimum Gasteiger partial charge on any atom is -0.379 e. The fourth-order valence-corrected chi connectivity index (χ4v) is 5.72. The van der Waals surface area contributed by atoms with Gasteiger partial charge in [0.05, 0.1) is 18.1 Å². The van der Waals surface area contributed by atoms with Gasteiger partial charge in [-0.3, -0.25) is 4.79 Å². The van der Waals surface area contributed by atoms with Crippen LogP contribution in [0.15, 0.2) is 59.5 Å². The van der Waals surface area contributed by atoms with Crippen LogP contribution in [0.5, 0.6) is 0 Å². The van der Waals surface area contributed by atoms with Crippen molar-refractivity contribution in [3.63, 3.8) is 0 Å². The van der Waals surface area contributed by atoms with Crippen molar-refractivity contribution < 1.29 is 17.9 Å². The van der Waals surface area contributed by atoms with Gasteiger partial charge in [0.25, 0.3) is 5.91 Å². The Morgan fingerprint density at radius 3 is 2.45 bits per heavy atom. The highest BCUT2D eigenvalue weighted by Gasteiger charge is 2.35. The van der Waals surface area contributed by atoms with Crippen LogP contribution in [0, 0.1) is 0 Å². The third-order valence-electron chi connectivity index (χ3n) is 5.93. The van der Waals surface area contributed by atoms with Gasteiger partial charge in [0.2, 0.25) is 10.0 Å². The molecular formula is C22H26N2O4S. The normalized spacial score (nSPS) is 23.3. The van der Waals surface area contributed by atoms with Crippen LogP contribution in [0.25, 0.3) is 0 Å². The maximum absolute atomic E-state index is 13.2. The summed E-state index contributed by atoms with van der Waals surface area (Å²) in [5, 5.41) is 0. The summed E-state index contributed by atoms with van der Waals surface area (Å²) >= 11 is 0. The Hall–Kier alpha value is -2.22. The lowest BCUT2D eigenvalue weighted by atomic mass is 9.93. The first-order valence-corrected chi connectivity index (χ1v) is 11.5. The predicted molar refractivity (Wildman–Crippen MR) is 110 cm³/mol. The first kappa shape index (κ1) is 20.1. The summed E-state index contributed by atoms with van der Waals surface area (Å²) in [6, 6.07) is 16.7. The van der Waals surface area contributed by atoms with Crippen LogP contribution >= 0.6 is 0 Å². The van der Waals surface area contributed by atoms with Gasteiger partial charge in [-0.1, -0.05) is 36.4 Å². The molecule has 2 heterocycles. The third kappa shape index (κ3) is 3.95. The highest BCUT2D eigenvalue weighted by molar-refractivity contribution is 7.89. The molecule has 154 valence electrons. The Morgan fingerprint density at radius 2 is 1.72 bits per heavy atom. The second-order valence-electron chi connectivity index (χ2n) is 7.59. The molecule has 0 radical (unpaired) electrons. The molecule has 4 rings (SSSR count). The maximum Gasteiger partial charge on any atom is 0.254 e. The van der Waals surface area contributed by atoms with Crippen LogP contribution in [-0.2, 0) is 14.8 Å². The summed E-state index contributed by atoms with van der Waals surface area (Å²) in [5.74, 6) is 0.176. The molecule has 0 unspecified atom stereocenters. The van der Waals surface area contributed by atoms with Gasteiger partial charge in [0.15, 0.2) is 0 Å². The van der Waals surface area contributed by atoms with Gasteiger partial charge in [0.1, 0.15) is 0 Å². The summed E-state index contributed by atoms with van der Waals surface area (Å²) in [6.07, 6.45) is 0.905. The first-order valence-electron chi connectivity index (χ1n) is 10.0. The van der Waals surface area contributed by atoms with Crippen LogP contribution in [0.2, 0.25) is 0 Å². The highest BCUT2D eigenvalue weighted by atomic mass is 32.2. The number of hydrogen-bond acceptors (Lipinski definition) is 4. The van der Waals surface area contributed by atoms with Gasteiger partial charge in [-0.05, 0) is 37.1 Å². The standard InChI is InChI=1S/C22H26N2O4S/c1-17-21(18-6-3-2-4-7-18)10-11-24(17)22(25)19-8-5-9-20(16-19)29(26,27)23-12-14-28-15-13-23/h2-9,16-17,21H,10-15H2,1H3/t17-,21-/m0/s1. The molecule has 0 saturated carbocycles. The second-order valence-corrected chi connectivity index (χ2v) is 9.53. The number of morpholine rings is 1. The van der Waals surface area contributed by atoms with Gasteiger partial charge in [0, 0.05) is 37.2 Å². The molecule has 7 heteroatoms. The fraction of sp³-hybridized carbons (Fsp3) is 0.409. The largest absolute Gasteiger partial charge is 0.379 e. The lowest BCUT2D eigenvalue weighted by Gasteiger charge is -2.27. The van der Waals surface area contributed by atoms with E-state index < -0.39 is 10.0 Å². The Bertz CT molecular complexity index is 971. The molecule has 0 N–H and O–H groups in total.